The molecule has 4 rings (SSSR count). The molecule has 0 unspecified atom stereocenters. The molecule has 3 fully saturated rings. The van der Waals surface area contributed by atoms with Gasteiger partial charge in [0.05, 0.1) is 6.20 Å². The molecule has 0 bridgehead atoms. The van der Waals surface area contributed by atoms with E-state index in [1.54, 1.807) is 6.20 Å². The topological polar surface area (TPSA) is 35.5 Å². The van der Waals surface area contributed by atoms with Gasteiger partial charge < -0.3 is 9.80 Å². The van der Waals surface area contributed by atoms with E-state index in [4.69, 9.17) is 0 Å². The first-order valence-electron chi connectivity index (χ1n) is 10.1. The summed E-state index contributed by atoms with van der Waals surface area (Å²) >= 11 is 0. The number of hydrogen-bond acceptors (Lipinski definition) is 5. The zero-order chi connectivity index (χ0) is 17.4. The molecule has 3 heterocycles. The van der Waals surface area contributed by atoms with Crippen LogP contribution in [0.4, 0.5) is 5.82 Å². The molecule has 0 radical (unpaired) electrons. The first-order valence-corrected chi connectivity index (χ1v) is 10.1. The number of anilines is 1. The molecule has 1 aromatic rings. The average Bonchev–Trinajstić information content (AvgIpc) is 3.22. The standard InChI is InChI=1S/C20H33N5/c1-15(2)24-10-6-17(7-11-24)25-13-16-4-5-19(18(16)14-25)23(3)20-12-21-8-9-22-20/h8-9,12,15-19H,4-7,10-11,13-14H2,1-3H3/t16-,18+,19-/m1/s1. The first-order chi connectivity index (χ1) is 12.1. The number of nitrogens with zero attached hydrogens (tertiary/aromatic N) is 5. The van der Waals surface area contributed by atoms with Crippen LogP contribution in [-0.2, 0) is 0 Å². The van der Waals surface area contributed by atoms with Gasteiger partial charge in [-0.3, -0.25) is 9.88 Å². The second-order valence-corrected chi connectivity index (χ2v) is 8.56. The predicted octanol–water partition coefficient (Wildman–Crippen LogP) is 2.50. The van der Waals surface area contributed by atoms with Crippen molar-refractivity contribution in [3.05, 3.63) is 18.6 Å². The summed E-state index contributed by atoms with van der Waals surface area (Å²) in [5.74, 6) is 2.71. The Bertz CT molecular complexity index is 554. The Morgan fingerprint density at radius 2 is 1.88 bits per heavy atom. The zero-order valence-electron chi connectivity index (χ0n) is 16.0. The van der Waals surface area contributed by atoms with Gasteiger partial charge in [0.25, 0.3) is 0 Å². The molecule has 2 saturated heterocycles. The highest BCUT2D eigenvalue weighted by atomic mass is 15.3. The van der Waals surface area contributed by atoms with E-state index in [-0.39, 0.29) is 0 Å². The Morgan fingerprint density at radius 1 is 1.08 bits per heavy atom. The normalized spacial score (nSPS) is 31.6. The van der Waals surface area contributed by atoms with Crippen molar-refractivity contribution in [1.29, 1.82) is 0 Å². The van der Waals surface area contributed by atoms with Crippen LogP contribution in [-0.4, -0.2) is 71.1 Å². The van der Waals surface area contributed by atoms with Gasteiger partial charge in [-0.05, 0) is 64.5 Å². The van der Waals surface area contributed by atoms with Gasteiger partial charge in [0, 0.05) is 50.7 Å². The number of aromatic nitrogens is 2. The van der Waals surface area contributed by atoms with Crippen LogP contribution in [0.1, 0.15) is 39.5 Å². The summed E-state index contributed by atoms with van der Waals surface area (Å²) in [6, 6.07) is 2.13. The Morgan fingerprint density at radius 3 is 2.56 bits per heavy atom. The van der Waals surface area contributed by atoms with Crippen LogP contribution in [0.2, 0.25) is 0 Å². The van der Waals surface area contributed by atoms with E-state index in [2.05, 4.69) is 45.6 Å². The highest BCUT2D eigenvalue weighted by molar-refractivity contribution is 5.36. The lowest BCUT2D eigenvalue weighted by Gasteiger charge is -2.39. The predicted molar refractivity (Wildman–Crippen MR) is 102 cm³/mol. The van der Waals surface area contributed by atoms with Gasteiger partial charge in [-0.25, -0.2) is 4.98 Å². The number of likely N-dealkylation sites (tertiary alicyclic amines) is 2. The largest absolute Gasteiger partial charge is 0.355 e. The van der Waals surface area contributed by atoms with Crippen molar-refractivity contribution in [1.82, 2.24) is 19.8 Å². The summed E-state index contributed by atoms with van der Waals surface area (Å²) in [4.78, 5) is 16.6. The summed E-state index contributed by atoms with van der Waals surface area (Å²) < 4.78 is 0. The second-order valence-electron chi connectivity index (χ2n) is 8.56. The monoisotopic (exact) mass is 343 g/mol. The van der Waals surface area contributed by atoms with Gasteiger partial charge in [-0.2, -0.15) is 0 Å². The van der Waals surface area contributed by atoms with Crippen molar-refractivity contribution < 1.29 is 0 Å². The Labute approximate surface area is 152 Å². The average molecular weight is 344 g/mol. The van der Waals surface area contributed by atoms with Gasteiger partial charge in [-0.15, -0.1) is 0 Å². The van der Waals surface area contributed by atoms with Crippen LogP contribution in [0.15, 0.2) is 18.6 Å². The van der Waals surface area contributed by atoms with Crippen LogP contribution in [0.25, 0.3) is 0 Å². The Kier molecular flexibility index (Phi) is 4.96. The lowest BCUT2D eigenvalue weighted by Crippen LogP contribution is -2.47. The molecule has 5 heteroatoms. The molecule has 0 amide bonds. The molecule has 2 aliphatic heterocycles. The number of piperidine rings is 1. The third-order valence-electron chi connectivity index (χ3n) is 7.00. The maximum atomic E-state index is 4.52. The molecule has 138 valence electrons. The zero-order valence-corrected chi connectivity index (χ0v) is 16.0. The Hall–Kier alpha value is -1.20. The highest BCUT2D eigenvalue weighted by Gasteiger charge is 2.46. The summed E-state index contributed by atoms with van der Waals surface area (Å²) in [6.07, 6.45) is 10.9. The molecule has 0 aromatic carbocycles. The smallest absolute Gasteiger partial charge is 0.147 e. The quantitative estimate of drug-likeness (QED) is 0.839. The van der Waals surface area contributed by atoms with Gasteiger partial charge in [0.1, 0.15) is 5.82 Å². The molecule has 0 N–H and O–H groups in total. The van der Waals surface area contributed by atoms with Crippen molar-refractivity contribution in [2.24, 2.45) is 11.8 Å². The van der Waals surface area contributed by atoms with E-state index < -0.39 is 0 Å². The molecule has 25 heavy (non-hydrogen) atoms. The summed E-state index contributed by atoms with van der Waals surface area (Å²) in [5, 5.41) is 0. The molecular formula is C20H33N5. The van der Waals surface area contributed by atoms with E-state index in [9.17, 15) is 0 Å². The van der Waals surface area contributed by atoms with Crippen molar-refractivity contribution in [2.45, 2.75) is 57.7 Å². The van der Waals surface area contributed by atoms with Crippen LogP contribution >= 0.6 is 0 Å². The molecule has 1 saturated carbocycles. The van der Waals surface area contributed by atoms with E-state index in [0.717, 1.165) is 23.7 Å². The SMILES string of the molecule is CC(C)N1CCC(N2C[C@H]3CC[C@@H](N(C)c4cnccn4)[C@H]3C2)CC1. The molecule has 3 atom stereocenters. The number of hydrogen-bond donors (Lipinski definition) is 0. The maximum absolute atomic E-state index is 4.52. The van der Waals surface area contributed by atoms with Crippen molar-refractivity contribution in [3.8, 4) is 0 Å². The van der Waals surface area contributed by atoms with Gasteiger partial charge in [0.2, 0.25) is 0 Å². The molecule has 0 spiro atoms. The van der Waals surface area contributed by atoms with Gasteiger partial charge in [0.15, 0.2) is 0 Å². The number of fused-ring (bicyclic) bond motifs is 1. The minimum absolute atomic E-state index is 0.627. The summed E-state index contributed by atoms with van der Waals surface area (Å²) in [5.41, 5.74) is 0. The molecular weight excluding hydrogens is 310 g/mol. The minimum atomic E-state index is 0.627. The first kappa shape index (κ1) is 17.2. The highest BCUT2D eigenvalue weighted by Crippen LogP contribution is 2.42. The van der Waals surface area contributed by atoms with Gasteiger partial charge in [-0.1, -0.05) is 0 Å². The lowest BCUT2D eigenvalue weighted by molar-refractivity contribution is 0.101. The molecule has 1 aliphatic carbocycles. The van der Waals surface area contributed by atoms with E-state index in [1.165, 1.54) is 51.9 Å². The molecule has 3 aliphatic rings. The van der Waals surface area contributed by atoms with Crippen LogP contribution in [0.5, 0.6) is 0 Å². The van der Waals surface area contributed by atoms with Gasteiger partial charge >= 0.3 is 0 Å². The minimum Gasteiger partial charge on any atom is -0.355 e. The second kappa shape index (κ2) is 7.20. The van der Waals surface area contributed by atoms with Crippen LogP contribution < -0.4 is 4.90 Å². The summed E-state index contributed by atoms with van der Waals surface area (Å²) in [7, 11) is 2.21. The van der Waals surface area contributed by atoms with Crippen molar-refractivity contribution in [3.63, 3.8) is 0 Å². The van der Waals surface area contributed by atoms with E-state index in [1.807, 2.05) is 12.4 Å². The third-order valence-corrected chi connectivity index (χ3v) is 7.00. The fourth-order valence-corrected chi connectivity index (χ4v) is 5.46. The molecule has 1 aromatic heterocycles. The lowest BCUT2D eigenvalue weighted by atomic mass is 9.97. The van der Waals surface area contributed by atoms with Crippen molar-refractivity contribution in [2.75, 3.05) is 38.1 Å². The molecule has 5 nitrogen and oxygen atoms in total. The van der Waals surface area contributed by atoms with Crippen LogP contribution in [0.3, 0.4) is 0 Å². The van der Waals surface area contributed by atoms with Crippen molar-refractivity contribution >= 4 is 5.82 Å². The fraction of sp³-hybridized carbons (Fsp3) is 0.800. The van der Waals surface area contributed by atoms with E-state index in [0.29, 0.717) is 12.1 Å². The third kappa shape index (κ3) is 3.41. The van der Waals surface area contributed by atoms with E-state index >= 15 is 0 Å². The Balaban J connectivity index is 1.37. The summed E-state index contributed by atoms with van der Waals surface area (Å²) in [6.45, 7) is 9.81. The maximum Gasteiger partial charge on any atom is 0.147 e. The number of rotatable bonds is 4. The fourth-order valence-electron chi connectivity index (χ4n) is 5.46. The van der Waals surface area contributed by atoms with Crippen LogP contribution in [0, 0.1) is 11.8 Å².